The van der Waals surface area contributed by atoms with E-state index in [4.69, 9.17) is 0 Å². The van der Waals surface area contributed by atoms with Gasteiger partial charge in [-0.3, -0.25) is 9.69 Å². The Labute approximate surface area is 110 Å². The normalized spacial score (nSPS) is 30.4. The molecule has 0 spiro atoms. The van der Waals surface area contributed by atoms with E-state index in [-0.39, 0.29) is 6.04 Å². The van der Waals surface area contributed by atoms with Gasteiger partial charge in [0.05, 0.1) is 6.04 Å². The molecule has 0 aromatic carbocycles. The fourth-order valence-electron chi connectivity index (χ4n) is 3.41. The van der Waals surface area contributed by atoms with Gasteiger partial charge in [0, 0.05) is 26.2 Å². The summed E-state index contributed by atoms with van der Waals surface area (Å²) >= 11 is 0. The number of likely N-dealkylation sites (N-methyl/N-ethyl adjacent to an activating group) is 1. The molecule has 1 amide bonds. The van der Waals surface area contributed by atoms with Crippen molar-refractivity contribution in [2.45, 2.75) is 44.2 Å². The van der Waals surface area contributed by atoms with Gasteiger partial charge in [-0.25, -0.2) is 0 Å². The average molecular weight is 251 g/mol. The maximum atomic E-state index is 12.2. The molecular formula is C14H25N3O. The molecule has 3 aliphatic rings. The van der Waals surface area contributed by atoms with Gasteiger partial charge in [0.25, 0.3) is 0 Å². The second-order valence-corrected chi connectivity index (χ2v) is 6.19. The second kappa shape index (κ2) is 5.17. The third kappa shape index (κ3) is 2.54. The molecule has 4 nitrogen and oxygen atoms in total. The SMILES string of the molecule is CN1CCC(N(CC2CCNCC2)C2CC2)C1=O. The molecule has 0 bridgehead atoms. The molecule has 0 radical (unpaired) electrons. The van der Waals surface area contributed by atoms with E-state index in [0.29, 0.717) is 11.9 Å². The lowest BCUT2D eigenvalue weighted by molar-refractivity contribution is -0.131. The van der Waals surface area contributed by atoms with Crippen molar-refractivity contribution in [2.24, 2.45) is 5.92 Å². The van der Waals surface area contributed by atoms with Gasteiger partial charge in [-0.15, -0.1) is 0 Å². The van der Waals surface area contributed by atoms with Crippen molar-refractivity contribution in [3.8, 4) is 0 Å². The van der Waals surface area contributed by atoms with E-state index >= 15 is 0 Å². The molecule has 2 saturated heterocycles. The Balaban J connectivity index is 1.62. The van der Waals surface area contributed by atoms with E-state index in [1.807, 2.05) is 11.9 Å². The van der Waals surface area contributed by atoms with Crippen molar-refractivity contribution in [3.05, 3.63) is 0 Å². The van der Waals surface area contributed by atoms with E-state index in [1.54, 1.807) is 0 Å². The number of hydrogen-bond donors (Lipinski definition) is 1. The largest absolute Gasteiger partial charge is 0.344 e. The lowest BCUT2D eigenvalue weighted by Gasteiger charge is -2.33. The number of nitrogens with zero attached hydrogens (tertiary/aromatic N) is 2. The van der Waals surface area contributed by atoms with E-state index < -0.39 is 0 Å². The van der Waals surface area contributed by atoms with Gasteiger partial charge in [0.15, 0.2) is 0 Å². The van der Waals surface area contributed by atoms with Crippen LogP contribution in [0.4, 0.5) is 0 Å². The summed E-state index contributed by atoms with van der Waals surface area (Å²) in [5.74, 6) is 1.15. The minimum Gasteiger partial charge on any atom is -0.344 e. The smallest absolute Gasteiger partial charge is 0.239 e. The predicted octanol–water partition coefficient (Wildman–Crippen LogP) is 0.681. The minimum atomic E-state index is 0.192. The monoisotopic (exact) mass is 251 g/mol. The Morgan fingerprint density at radius 1 is 1.22 bits per heavy atom. The molecule has 0 aromatic heterocycles. The van der Waals surface area contributed by atoms with Gasteiger partial charge in [-0.1, -0.05) is 0 Å². The van der Waals surface area contributed by atoms with Crippen molar-refractivity contribution in [3.63, 3.8) is 0 Å². The molecule has 1 atom stereocenters. The van der Waals surface area contributed by atoms with Crippen LogP contribution in [0.15, 0.2) is 0 Å². The second-order valence-electron chi connectivity index (χ2n) is 6.19. The summed E-state index contributed by atoms with van der Waals surface area (Å²) in [5, 5.41) is 3.42. The number of piperidine rings is 1. The van der Waals surface area contributed by atoms with Crippen LogP contribution in [-0.4, -0.2) is 61.0 Å². The molecular weight excluding hydrogens is 226 g/mol. The first kappa shape index (κ1) is 12.4. The number of rotatable bonds is 4. The summed E-state index contributed by atoms with van der Waals surface area (Å²) in [7, 11) is 1.94. The molecule has 2 heterocycles. The van der Waals surface area contributed by atoms with Gasteiger partial charge in [-0.2, -0.15) is 0 Å². The summed E-state index contributed by atoms with van der Waals surface area (Å²) < 4.78 is 0. The highest BCUT2D eigenvalue weighted by Gasteiger charge is 2.41. The van der Waals surface area contributed by atoms with Crippen LogP contribution in [0.25, 0.3) is 0 Å². The zero-order valence-electron chi connectivity index (χ0n) is 11.4. The third-order valence-corrected chi connectivity index (χ3v) is 4.74. The van der Waals surface area contributed by atoms with Crippen LogP contribution in [0.3, 0.4) is 0 Å². The highest BCUT2D eigenvalue weighted by Crippen LogP contribution is 2.33. The zero-order valence-corrected chi connectivity index (χ0v) is 11.4. The fourth-order valence-corrected chi connectivity index (χ4v) is 3.41. The molecule has 1 aliphatic carbocycles. The average Bonchev–Trinajstić information content (AvgIpc) is 3.17. The minimum absolute atomic E-state index is 0.192. The number of hydrogen-bond acceptors (Lipinski definition) is 3. The molecule has 2 aliphatic heterocycles. The number of carbonyl (C=O) groups excluding carboxylic acids is 1. The molecule has 18 heavy (non-hydrogen) atoms. The molecule has 4 heteroatoms. The Morgan fingerprint density at radius 2 is 1.94 bits per heavy atom. The maximum Gasteiger partial charge on any atom is 0.239 e. The van der Waals surface area contributed by atoms with Crippen molar-refractivity contribution in [1.29, 1.82) is 0 Å². The summed E-state index contributed by atoms with van der Waals surface area (Å²) in [5.41, 5.74) is 0. The third-order valence-electron chi connectivity index (χ3n) is 4.74. The van der Waals surface area contributed by atoms with Gasteiger partial charge in [0.1, 0.15) is 0 Å². The highest BCUT2D eigenvalue weighted by atomic mass is 16.2. The van der Waals surface area contributed by atoms with E-state index in [9.17, 15) is 4.79 Å². The van der Waals surface area contributed by atoms with Gasteiger partial charge in [-0.05, 0) is 51.1 Å². The maximum absolute atomic E-state index is 12.2. The molecule has 3 fully saturated rings. The van der Waals surface area contributed by atoms with Crippen molar-refractivity contribution in [2.75, 3.05) is 33.2 Å². The van der Waals surface area contributed by atoms with E-state index in [2.05, 4.69) is 10.2 Å². The van der Waals surface area contributed by atoms with Crippen molar-refractivity contribution < 1.29 is 4.79 Å². The Hall–Kier alpha value is -0.610. The molecule has 102 valence electrons. The van der Waals surface area contributed by atoms with Crippen LogP contribution in [0.2, 0.25) is 0 Å². The molecule has 1 N–H and O–H groups in total. The lowest BCUT2D eigenvalue weighted by Crippen LogP contribution is -2.46. The number of nitrogens with one attached hydrogen (secondary N) is 1. The quantitative estimate of drug-likeness (QED) is 0.798. The first-order valence-electron chi connectivity index (χ1n) is 7.47. The van der Waals surface area contributed by atoms with Crippen LogP contribution in [0.1, 0.15) is 32.1 Å². The van der Waals surface area contributed by atoms with Crippen LogP contribution in [0, 0.1) is 5.92 Å². The Bertz CT molecular complexity index is 310. The van der Waals surface area contributed by atoms with Crippen LogP contribution < -0.4 is 5.32 Å². The summed E-state index contributed by atoms with van der Waals surface area (Å²) in [4.78, 5) is 16.6. The van der Waals surface area contributed by atoms with E-state index in [0.717, 1.165) is 38.5 Å². The molecule has 0 aromatic rings. The summed E-state index contributed by atoms with van der Waals surface area (Å²) in [6.07, 6.45) is 6.20. The highest BCUT2D eigenvalue weighted by molar-refractivity contribution is 5.83. The topological polar surface area (TPSA) is 35.6 Å². The van der Waals surface area contributed by atoms with Crippen molar-refractivity contribution in [1.82, 2.24) is 15.1 Å². The van der Waals surface area contributed by atoms with Crippen LogP contribution >= 0.6 is 0 Å². The number of likely N-dealkylation sites (tertiary alicyclic amines) is 1. The fraction of sp³-hybridized carbons (Fsp3) is 0.929. The predicted molar refractivity (Wildman–Crippen MR) is 71.4 cm³/mol. The first-order valence-corrected chi connectivity index (χ1v) is 7.47. The number of carbonyl (C=O) groups is 1. The van der Waals surface area contributed by atoms with Gasteiger partial charge >= 0.3 is 0 Å². The molecule has 1 unspecified atom stereocenters. The number of amides is 1. The Kier molecular flexibility index (Phi) is 3.57. The lowest BCUT2D eigenvalue weighted by atomic mass is 9.96. The van der Waals surface area contributed by atoms with Gasteiger partial charge in [0.2, 0.25) is 5.91 Å². The molecule has 1 saturated carbocycles. The first-order chi connectivity index (χ1) is 8.75. The van der Waals surface area contributed by atoms with Crippen LogP contribution in [0.5, 0.6) is 0 Å². The van der Waals surface area contributed by atoms with Crippen molar-refractivity contribution >= 4 is 5.91 Å². The van der Waals surface area contributed by atoms with Gasteiger partial charge < -0.3 is 10.2 Å². The summed E-state index contributed by atoms with van der Waals surface area (Å²) in [6, 6.07) is 0.901. The Morgan fingerprint density at radius 3 is 2.50 bits per heavy atom. The molecule has 3 rings (SSSR count). The standard InChI is InChI=1S/C14H25N3O/c1-16-9-6-13(14(16)18)17(12-2-3-12)10-11-4-7-15-8-5-11/h11-13,15H,2-10H2,1H3. The zero-order chi connectivity index (χ0) is 12.5. The van der Waals surface area contributed by atoms with Crippen LogP contribution in [-0.2, 0) is 4.79 Å². The van der Waals surface area contributed by atoms with E-state index in [1.165, 1.54) is 25.7 Å². The summed E-state index contributed by atoms with van der Waals surface area (Å²) in [6.45, 7) is 4.40.